The highest BCUT2D eigenvalue weighted by molar-refractivity contribution is 4.87. The van der Waals surface area contributed by atoms with E-state index in [0.29, 0.717) is 6.04 Å². The highest BCUT2D eigenvalue weighted by Gasteiger charge is 2.32. The molecule has 2 rings (SSSR count). The largest absolute Gasteiger partial charge is 0.375 e. The number of likely N-dealkylation sites (tertiary alicyclic amines) is 1. The van der Waals surface area contributed by atoms with Crippen LogP contribution in [0, 0.1) is 0 Å². The standard InChI is InChI=1S/C14H28N2O/c1-4-14(2)10-12(7-9-17-14)15-11-13-6-5-8-16(13)3/h12-13,15H,4-11H2,1-3H3. The second kappa shape index (κ2) is 5.68. The molecule has 0 aromatic carbocycles. The van der Waals surface area contributed by atoms with E-state index in [9.17, 15) is 0 Å². The molecule has 3 unspecified atom stereocenters. The number of hydrogen-bond donors (Lipinski definition) is 1. The van der Waals surface area contributed by atoms with Crippen LogP contribution in [-0.2, 0) is 4.74 Å². The lowest BCUT2D eigenvalue weighted by atomic mass is 9.90. The molecule has 2 aliphatic heterocycles. The van der Waals surface area contributed by atoms with Crippen molar-refractivity contribution in [3.05, 3.63) is 0 Å². The summed E-state index contributed by atoms with van der Waals surface area (Å²) in [5.74, 6) is 0. The topological polar surface area (TPSA) is 24.5 Å². The molecule has 2 aliphatic rings. The Balaban J connectivity index is 1.75. The summed E-state index contributed by atoms with van der Waals surface area (Å²) in [6.07, 6.45) is 6.18. The van der Waals surface area contributed by atoms with Crippen molar-refractivity contribution in [3.63, 3.8) is 0 Å². The van der Waals surface area contributed by atoms with Gasteiger partial charge < -0.3 is 15.0 Å². The first-order valence-electron chi connectivity index (χ1n) is 7.20. The first-order valence-corrected chi connectivity index (χ1v) is 7.20. The van der Waals surface area contributed by atoms with Crippen molar-refractivity contribution in [1.29, 1.82) is 0 Å². The number of likely N-dealkylation sites (N-methyl/N-ethyl adjacent to an activating group) is 1. The average molecular weight is 240 g/mol. The summed E-state index contributed by atoms with van der Waals surface area (Å²) in [5, 5.41) is 3.76. The molecule has 17 heavy (non-hydrogen) atoms. The molecule has 1 N–H and O–H groups in total. The van der Waals surface area contributed by atoms with Gasteiger partial charge in [-0.15, -0.1) is 0 Å². The molecule has 0 amide bonds. The quantitative estimate of drug-likeness (QED) is 0.813. The van der Waals surface area contributed by atoms with Crippen molar-refractivity contribution in [1.82, 2.24) is 10.2 Å². The summed E-state index contributed by atoms with van der Waals surface area (Å²) in [7, 11) is 2.25. The third-order valence-electron chi connectivity index (χ3n) is 4.66. The third kappa shape index (κ3) is 3.43. The minimum absolute atomic E-state index is 0.109. The number of ether oxygens (including phenoxy) is 1. The normalized spacial score (nSPS) is 39.7. The maximum absolute atomic E-state index is 5.89. The zero-order valence-electron chi connectivity index (χ0n) is 11.7. The molecule has 0 aromatic heterocycles. The highest BCUT2D eigenvalue weighted by atomic mass is 16.5. The van der Waals surface area contributed by atoms with Gasteiger partial charge in [-0.1, -0.05) is 6.92 Å². The Kier molecular flexibility index (Phi) is 4.45. The fourth-order valence-electron chi connectivity index (χ4n) is 3.09. The van der Waals surface area contributed by atoms with E-state index in [1.807, 2.05) is 0 Å². The summed E-state index contributed by atoms with van der Waals surface area (Å²) < 4.78 is 5.89. The van der Waals surface area contributed by atoms with E-state index in [1.165, 1.54) is 32.2 Å². The molecule has 100 valence electrons. The van der Waals surface area contributed by atoms with Gasteiger partial charge in [0.2, 0.25) is 0 Å². The van der Waals surface area contributed by atoms with Crippen LogP contribution in [0.1, 0.15) is 46.0 Å². The van der Waals surface area contributed by atoms with E-state index in [4.69, 9.17) is 4.74 Å². The second-order valence-corrected chi connectivity index (χ2v) is 6.03. The molecule has 0 spiro atoms. The first-order chi connectivity index (χ1) is 8.13. The van der Waals surface area contributed by atoms with Crippen molar-refractivity contribution in [2.24, 2.45) is 0 Å². The Morgan fingerprint density at radius 2 is 2.24 bits per heavy atom. The summed E-state index contributed by atoms with van der Waals surface area (Å²) >= 11 is 0. The number of rotatable bonds is 4. The second-order valence-electron chi connectivity index (χ2n) is 6.03. The lowest BCUT2D eigenvalue weighted by molar-refractivity contribution is -0.0782. The van der Waals surface area contributed by atoms with Gasteiger partial charge in [-0.05, 0) is 52.6 Å². The highest BCUT2D eigenvalue weighted by Crippen LogP contribution is 2.27. The van der Waals surface area contributed by atoms with Crippen LogP contribution in [0.4, 0.5) is 0 Å². The van der Waals surface area contributed by atoms with Gasteiger partial charge in [0.05, 0.1) is 5.60 Å². The summed E-state index contributed by atoms with van der Waals surface area (Å²) in [6.45, 7) is 7.83. The third-order valence-corrected chi connectivity index (χ3v) is 4.66. The maximum atomic E-state index is 5.89. The molecule has 2 fully saturated rings. The van der Waals surface area contributed by atoms with Crippen molar-refractivity contribution in [3.8, 4) is 0 Å². The minimum Gasteiger partial charge on any atom is -0.375 e. The van der Waals surface area contributed by atoms with Crippen LogP contribution >= 0.6 is 0 Å². The Labute approximate surface area is 106 Å². The van der Waals surface area contributed by atoms with Gasteiger partial charge in [-0.2, -0.15) is 0 Å². The molecular formula is C14H28N2O. The molecule has 3 atom stereocenters. The molecule has 0 aromatic rings. The molecular weight excluding hydrogens is 212 g/mol. The monoisotopic (exact) mass is 240 g/mol. The summed E-state index contributed by atoms with van der Waals surface area (Å²) in [4.78, 5) is 2.49. The minimum atomic E-state index is 0.109. The Morgan fingerprint density at radius 1 is 1.41 bits per heavy atom. The van der Waals surface area contributed by atoms with E-state index in [1.54, 1.807) is 0 Å². The molecule has 2 saturated heterocycles. The van der Waals surface area contributed by atoms with Crippen LogP contribution in [0.25, 0.3) is 0 Å². The van der Waals surface area contributed by atoms with Crippen molar-refractivity contribution >= 4 is 0 Å². The van der Waals surface area contributed by atoms with Gasteiger partial charge in [0.1, 0.15) is 0 Å². The van der Waals surface area contributed by atoms with Crippen LogP contribution in [-0.4, -0.2) is 49.3 Å². The molecule has 0 radical (unpaired) electrons. The number of hydrogen-bond acceptors (Lipinski definition) is 3. The average Bonchev–Trinajstić information content (AvgIpc) is 2.73. The van der Waals surface area contributed by atoms with E-state index >= 15 is 0 Å². The van der Waals surface area contributed by atoms with Crippen LogP contribution in [0.2, 0.25) is 0 Å². The Bertz CT molecular complexity index is 246. The zero-order chi connectivity index (χ0) is 12.3. The van der Waals surface area contributed by atoms with Crippen LogP contribution in [0.15, 0.2) is 0 Å². The summed E-state index contributed by atoms with van der Waals surface area (Å²) in [5.41, 5.74) is 0.109. The first kappa shape index (κ1) is 13.3. The van der Waals surface area contributed by atoms with E-state index in [2.05, 4.69) is 31.1 Å². The molecule has 0 saturated carbocycles. The van der Waals surface area contributed by atoms with Gasteiger partial charge in [-0.3, -0.25) is 0 Å². The van der Waals surface area contributed by atoms with Gasteiger partial charge in [0.25, 0.3) is 0 Å². The fraction of sp³-hybridized carbons (Fsp3) is 1.00. The van der Waals surface area contributed by atoms with Crippen LogP contribution in [0.5, 0.6) is 0 Å². The van der Waals surface area contributed by atoms with E-state index in [0.717, 1.165) is 25.6 Å². The molecule has 3 nitrogen and oxygen atoms in total. The lowest BCUT2D eigenvalue weighted by Gasteiger charge is -2.38. The molecule has 0 aliphatic carbocycles. The molecule has 3 heteroatoms. The number of nitrogens with one attached hydrogen (secondary N) is 1. The van der Waals surface area contributed by atoms with Crippen LogP contribution in [0.3, 0.4) is 0 Å². The smallest absolute Gasteiger partial charge is 0.0666 e. The van der Waals surface area contributed by atoms with Gasteiger partial charge in [0.15, 0.2) is 0 Å². The molecule has 2 heterocycles. The zero-order valence-corrected chi connectivity index (χ0v) is 11.7. The predicted octanol–water partition coefficient (Wildman–Crippen LogP) is 2.02. The van der Waals surface area contributed by atoms with E-state index in [-0.39, 0.29) is 5.60 Å². The van der Waals surface area contributed by atoms with Gasteiger partial charge in [0, 0.05) is 25.2 Å². The molecule has 0 bridgehead atoms. The summed E-state index contributed by atoms with van der Waals surface area (Å²) in [6, 6.07) is 1.41. The predicted molar refractivity (Wildman–Crippen MR) is 71.3 cm³/mol. The van der Waals surface area contributed by atoms with Crippen molar-refractivity contribution < 1.29 is 4.74 Å². The SMILES string of the molecule is CCC1(C)CC(NCC2CCCN2C)CCO1. The fourth-order valence-corrected chi connectivity index (χ4v) is 3.09. The van der Waals surface area contributed by atoms with Crippen molar-refractivity contribution in [2.75, 3.05) is 26.7 Å². The van der Waals surface area contributed by atoms with E-state index < -0.39 is 0 Å². The maximum Gasteiger partial charge on any atom is 0.0666 e. The van der Waals surface area contributed by atoms with Crippen molar-refractivity contribution in [2.45, 2.75) is 63.6 Å². The Morgan fingerprint density at radius 3 is 2.88 bits per heavy atom. The Hall–Kier alpha value is -0.120. The number of nitrogens with zero attached hydrogens (tertiary/aromatic N) is 1. The van der Waals surface area contributed by atoms with Gasteiger partial charge >= 0.3 is 0 Å². The van der Waals surface area contributed by atoms with Gasteiger partial charge in [-0.25, -0.2) is 0 Å². The van der Waals surface area contributed by atoms with Crippen LogP contribution < -0.4 is 5.32 Å². The lowest BCUT2D eigenvalue weighted by Crippen LogP contribution is -2.48.